The molecule has 1 unspecified atom stereocenters. The van der Waals surface area contributed by atoms with E-state index in [1.165, 1.54) is 25.0 Å². The number of thioether (sulfide) groups is 1. The van der Waals surface area contributed by atoms with E-state index in [-0.39, 0.29) is 6.09 Å². The van der Waals surface area contributed by atoms with E-state index in [2.05, 4.69) is 14.9 Å². The maximum absolute atomic E-state index is 11.7. The fraction of sp³-hybridized carbons (Fsp3) is 0.733. The topological polar surface area (TPSA) is 56.1 Å². The van der Waals surface area contributed by atoms with E-state index in [1.807, 2.05) is 45.1 Å². The molecule has 118 valence electrons. The molecular formula is C15H25N3O2S. The molecule has 6 heteroatoms. The van der Waals surface area contributed by atoms with Gasteiger partial charge in [-0.1, -0.05) is 6.42 Å². The van der Waals surface area contributed by atoms with Crippen molar-refractivity contribution in [2.45, 2.75) is 64.0 Å². The van der Waals surface area contributed by atoms with Gasteiger partial charge in [0.25, 0.3) is 0 Å². The number of hydrogen-bond acceptors (Lipinski definition) is 4. The first-order valence-corrected chi connectivity index (χ1v) is 8.56. The van der Waals surface area contributed by atoms with Crippen molar-refractivity contribution < 1.29 is 9.53 Å². The van der Waals surface area contributed by atoms with E-state index in [4.69, 9.17) is 4.74 Å². The predicted octanol–water partition coefficient (Wildman–Crippen LogP) is 3.19. The first-order chi connectivity index (χ1) is 9.94. The van der Waals surface area contributed by atoms with Crippen molar-refractivity contribution in [3.05, 3.63) is 18.2 Å². The summed E-state index contributed by atoms with van der Waals surface area (Å²) in [7, 11) is 0. The fourth-order valence-corrected chi connectivity index (χ4v) is 3.61. The Bertz CT molecular complexity index is 462. The Balaban J connectivity index is 1.84. The van der Waals surface area contributed by atoms with Crippen LogP contribution in [0, 0.1) is 0 Å². The van der Waals surface area contributed by atoms with Gasteiger partial charge >= 0.3 is 6.09 Å². The number of amides is 1. The van der Waals surface area contributed by atoms with Gasteiger partial charge in [-0.3, -0.25) is 0 Å². The van der Waals surface area contributed by atoms with Crippen molar-refractivity contribution >= 4 is 17.9 Å². The van der Waals surface area contributed by atoms with Gasteiger partial charge in [0, 0.05) is 18.0 Å². The number of imidazole rings is 1. The largest absolute Gasteiger partial charge is 0.444 e. The second-order valence-corrected chi connectivity index (χ2v) is 7.79. The zero-order valence-corrected chi connectivity index (χ0v) is 13.9. The van der Waals surface area contributed by atoms with Crippen molar-refractivity contribution in [3.63, 3.8) is 0 Å². The summed E-state index contributed by atoms with van der Waals surface area (Å²) in [5.41, 5.74) is 0.551. The molecule has 1 aliphatic heterocycles. The van der Waals surface area contributed by atoms with Crippen LogP contribution in [-0.4, -0.2) is 32.2 Å². The number of aromatic nitrogens is 2. The fourth-order valence-electron chi connectivity index (χ4n) is 2.31. The number of rotatable bonds is 4. The van der Waals surface area contributed by atoms with Crippen LogP contribution in [0.25, 0.3) is 0 Å². The lowest BCUT2D eigenvalue weighted by Crippen LogP contribution is -2.32. The van der Waals surface area contributed by atoms with Crippen LogP contribution in [0.3, 0.4) is 0 Å². The molecule has 1 amide bonds. The van der Waals surface area contributed by atoms with Crippen LogP contribution in [0.5, 0.6) is 0 Å². The molecule has 1 N–H and O–H groups in total. The Morgan fingerprint density at radius 1 is 1.52 bits per heavy atom. The normalized spacial score (nSPS) is 19.3. The molecule has 0 aliphatic carbocycles. The highest BCUT2D eigenvalue weighted by Gasteiger charge is 2.18. The van der Waals surface area contributed by atoms with Gasteiger partial charge in [0.2, 0.25) is 0 Å². The third-order valence-corrected chi connectivity index (χ3v) is 4.67. The van der Waals surface area contributed by atoms with Gasteiger partial charge in [-0.2, -0.15) is 11.8 Å². The van der Waals surface area contributed by atoms with Crippen molar-refractivity contribution in [2.24, 2.45) is 0 Å². The van der Waals surface area contributed by atoms with Crippen LogP contribution in [0.2, 0.25) is 0 Å². The summed E-state index contributed by atoms with van der Waals surface area (Å²) >= 11 is 2.04. The van der Waals surface area contributed by atoms with E-state index in [9.17, 15) is 4.79 Å². The van der Waals surface area contributed by atoms with E-state index in [0.717, 1.165) is 12.2 Å². The highest BCUT2D eigenvalue weighted by molar-refractivity contribution is 7.99. The minimum absolute atomic E-state index is 0.387. The monoisotopic (exact) mass is 311 g/mol. The Labute approximate surface area is 130 Å². The zero-order chi connectivity index (χ0) is 15.3. The number of hydrogen-bond donors (Lipinski definition) is 1. The molecule has 2 rings (SSSR count). The second kappa shape index (κ2) is 7.20. The lowest BCUT2D eigenvalue weighted by molar-refractivity contribution is 0.0522. The summed E-state index contributed by atoms with van der Waals surface area (Å²) < 4.78 is 7.38. The standard InChI is InChI=1S/C15H25N3O2S/c1-15(2,3)20-14(19)17-9-12-8-16-11-18(12)10-13-6-4-5-7-21-13/h8,11,13H,4-7,9-10H2,1-3H3,(H,17,19). The number of nitrogens with zero attached hydrogens (tertiary/aromatic N) is 2. The molecular weight excluding hydrogens is 286 g/mol. The number of carbonyl (C=O) groups is 1. The average molecular weight is 311 g/mol. The average Bonchev–Trinajstić information content (AvgIpc) is 2.83. The van der Waals surface area contributed by atoms with Crippen molar-refractivity contribution in [1.82, 2.24) is 14.9 Å². The third-order valence-electron chi connectivity index (χ3n) is 3.29. The van der Waals surface area contributed by atoms with Crippen LogP contribution in [-0.2, 0) is 17.8 Å². The Kier molecular flexibility index (Phi) is 5.56. The minimum Gasteiger partial charge on any atom is -0.444 e. The summed E-state index contributed by atoms with van der Waals surface area (Å²) in [6, 6.07) is 0. The maximum Gasteiger partial charge on any atom is 0.407 e. The van der Waals surface area contributed by atoms with Gasteiger partial charge in [-0.25, -0.2) is 9.78 Å². The van der Waals surface area contributed by atoms with E-state index in [0.29, 0.717) is 11.8 Å². The second-order valence-electron chi connectivity index (χ2n) is 6.38. The van der Waals surface area contributed by atoms with Crippen LogP contribution in [0.15, 0.2) is 12.5 Å². The molecule has 1 aromatic heterocycles. The first-order valence-electron chi connectivity index (χ1n) is 7.51. The molecule has 1 aromatic rings. The van der Waals surface area contributed by atoms with Gasteiger partial charge in [-0.05, 0) is 39.4 Å². The molecule has 1 saturated heterocycles. The molecule has 0 spiro atoms. The highest BCUT2D eigenvalue weighted by Crippen LogP contribution is 2.26. The lowest BCUT2D eigenvalue weighted by atomic mass is 10.2. The molecule has 2 heterocycles. The molecule has 0 aromatic carbocycles. The Morgan fingerprint density at radius 2 is 2.33 bits per heavy atom. The molecule has 5 nitrogen and oxygen atoms in total. The number of ether oxygens (including phenoxy) is 1. The molecule has 1 fully saturated rings. The molecule has 1 atom stereocenters. The summed E-state index contributed by atoms with van der Waals surface area (Å²) in [6.45, 7) is 6.99. The Morgan fingerprint density at radius 3 is 3.00 bits per heavy atom. The van der Waals surface area contributed by atoms with E-state index < -0.39 is 5.60 Å². The lowest BCUT2D eigenvalue weighted by Gasteiger charge is -2.23. The molecule has 1 aliphatic rings. The number of alkyl carbamates (subject to hydrolysis) is 1. The quantitative estimate of drug-likeness (QED) is 0.928. The van der Waals surface area contributed by atoms with Gasteiger partial charge in [0.1, 0.15) is 5.60 Å². The van der Waals surface area contributed by atoms with Crippen molar-refractivity contribution in [3.8, 4) is 0 Å². The number of carbonyl (C=O) groups excluding carboxylic acids is 1. The SMILES string of the molecule is CC(C)(C)OC(=O)NCc1cncn1CC1CCCCS1. The predicted molar refractivity (Wildman–Crippen MR) is 85.4 cm³/mol. The molecule has 0 radical (unpaired) electrons. The zero-order valence-electron chi connectivity index (χ0n) is 13.1. The van der Waals surface area contributed by atoms with Crippen molar-refractivity contribution in [1.29, 1.82) is 0 Å². The van der Waals surface area contributed by atoms with E-state index >= 15 is 0 Å². The van der Waals surface area contributed by atoms with Crippen LogP contribution >= 0.6 is 11.8 Å². The smallest absolute Gasteiger partial charge is 0.407 e. The summed E-state index contributed by atoms with van der Waals surface area (Å²) in [4.78, 5) is 15.9. The maximum atomic E-state index is 11.7. The van der Waals surface area contributed by atoms with Gasteiger partial charge < -0.3 is 14.6 Å². The van der Waals surface area contributed by atoms with Crippen LogP contribution in [0.4, 0.5) is 4.79 Å². The van der Waals surface area contributed by atoms with Gasteiger partial charge in [-0.15, -0.1) is 0 Å². The van der Waals surface area contributed by atoms with Gasteiger partial charge in [0.05, 0.1) is 18.6 Å². The first kappa shape index (κ1) is 16.2. The van der Waals surface area contributed by atoms with Crippen LogP contribution < -0.4 is 5.32 Å². The summed E-state index contributed by atoms with van der Waals surface area (Å²) in [5.74, 6) is 1.25. The summed E-state index contributed by atoms with van der Waals surface area (Å²) in [6.07, 6.45) is 7.19. The molecule has 21 heavy (non-hydrogen) atoms. The minimum atomic E-state index is -0.469. The van der Waals surface area contributed by atoms with Gasteiger partial charge in [0.15, 0.2) is 0 Å². The molecule has 0 bridgehead atoms. The highest BCUT2D eigenvalue weighted by atomic mass is 32.2. The molecule has 0 saturated carbocycles. The summed E-state index contributed by atoms with van der Waals surface area (Å²) in [5, 5.41) is 3.45. The van der Waals surface area contributed by atoms with E-state index in [1.54, 1.807) is 0 Å². The Hall–Kier alpha value is -1.17. The van der Waals surface area contributed by atoms with Crippen LogP contribution in [0.1, 0.15) is 45.7 Å². The van der Waals surface area contributed by atoms with Crippen molar-refractivity contribution in [2.75, 3.05) is 5.75 Å². The number of nitrogens with one attached hydrogen (secondary N) is 1. The third kappa shape index (κ3) is 5.61.